The number of carboxylic acids is 1. The fraction of sp³-hybridized carbons (Fsp3) is 0.609. The Balaban J connectivity index is 1.45. The Morgan fingerprint density at radius 2 is 1.88 bits per heavy atom. The monoisotopic (exact) mass is 459 g/mol. The van der Waals surface area contributed by atoms with Crippen molar-refractivity contribution in [2.45, 2.75) is 44.6 Å². The molecule has 0 radical (unpaired) electrons. The molecule has 1 aromatic rings. The molecule has 4 N–H and O–H groups in total. The van der Waals surface area contributed by atoms with Crippen LogP contribution in [0.15, 0.2) is 24.5 Å². The summed E-state index contributed by atoms with van der Waals surface area (Å²) in [5.74, 6) is -1.81. The number of hydrogen-bond acceptors (Lipinski definition) is 6. The number of amides is 3. The fourth-order valence-electron chi connectivity index (χ4n) is 4.37. The van der Waals surface area contributed by atoms with Crippen molar-refractivity contribution >= 4 is 23.7 Å². The van der Waals surface area contributed by atoms with Crippen molar-refractivity contribution in [3.63, 3.8) is 0 Å². The molecular weight excluding hydrogens is 426 g/mol. The van der Waals surface area contributed by atoms with Crippen LogP contribution in [0.1, 0.15) is 48.9 Å². The molecule has 33 heavy (non-hydrogen) atoms. The van der Waals surface area contributed by atoms with E-state index in [4.69, 9.17) is 0 Å². The number of pyridine rings is 1. The van der Waals surface area contributed by atoms with E-state index < -0.39 is 17.9 Å². The van der Waals surface area contributed by atoms with Crippen LogP contribution in [0, 0.1) is 11.8 Å². The first-order valence-corrected chi connectivity index (χ1v) is 11.6. The van der Waals surface area contributed by atoms with Gasteiger partial charge in [0.05, 0.1) is 5.92 Å². The number of carboxylic acid groups (broad SMARTS) is 1. The van der Waals surface area contributed by atoms with Gasteiger partial charge in [-0.3, -0.25) is 19.4 Å². The largest absolute Gasteiger partial charge is 0.480 e. The van der Waals surface area contributed by atoms with Gasteiger partial charge < -0.3 is 26.0 Å². The zero-order chi connectivity index (χ0) is 23.6. The molecule has 0 unspecified atom stereocenters. The number of nitrogens with one attached hydrogen (secondary N) is 3. The summed E-state index contributed by atoms with van der Waals surface area (Å²) >= 11 is 0. The predicted molar refractivity (Wildman–Crippen MR) is 120 cm³/mol. The highest BCUT2D eigenvalue weighted by molar-refractivity contribution is 5.96. The Hall–Kier alpha value is -3.01. The zero-order valence-corrected chi connectivity index (χ0v) is 18.8. The summed E-state index contributed by atoms with van der Waals surface area (Å²) in [6.07, 6.45) is 7.83. The van der Waals surface area contributed by atoms with Crippen LogP contribution >= 0.6 is 0 Å². The quantitative estimate of drug-likeness (QED) is 0.419. The molecule has 0 aromatic carbocycles. The Labute approximate surface area is 193 Å². The van der Waals surface area contributed by atoms with E-state index in [-0.39, 0.29) is 29.8 Å². The van der Waals surface area contributed by atoms with E-state index in [0.29, 0.717) is 31.8 Å². The number of nitrogens with zero attached hydrogens (tertiary/aromatic N) is 2. The third-order valence-electron chi connectivity index (χ3n) is 6.40. The van der Waals surface area contributed by atoms with Gasteiger partial charge in [-0.15, -0.1) is 0 Å². The third-order valence-corrected chi connectivity index (χ3v) is 6.40. The molecule has 2 aliphatic heterocycles. The van der Waals surface area contributed by atoms with Crippen LogP contribution in [-0.2, 0) is 14.4 Å². The molecule has 0 saturated carbocycles. The molecule has 2 saturated heterocycles. The van der Waals surface area contributed by atoms with Gasteiger partial charge >= 0.3 is 5.97 Å². The highest BCUT2D eigenvalue weighted by Gasteiger charge is 2.30. The minimum Gasteiger partial charge on any atom is -0.480 e. The minimum absolute atomic E-state index is 0.0825. The van der Waals surface area contributed by atoms with Gasteiger partial charge in [-0.25, -0.2) is 4.79 Å². The van der Waals surface area contributed by atoms with Crippen molar-refractivity contribution in [2.75, 3.05) is 32.7 Å². The second kappa shape index (κ2) is 12.3. The lowest BCUT2D eigenvalue weighted by molar-refractivity contribution is -0.139. The summed E-state index contributed by atoms with van der Waals surface area (Å²) in [6.45, 7) is 2.77. The Kier molecular flexibility index (Phi) is 9.17. The Morgan fingerprint density at radius 3 is 2.58 bits per heavy atom. The summed E-state index contributed by atoms with van der Waals surface area (Å²) in [7, 11) is 0. The van der Waals surface area contributed by atoms with E-state index in [1.54, 1.807) is 4.90 Å². The number of carbonyl (C=O) groups excluding carboxylic acids is 3. The van der Waals surface area contributed by atoms with E-state index in [1.807, 2.05) is 0 Å². The van der Waals surface area contributed by atoms with Gasteiger partial charge in [0.1, 0.15) is 6.04 Å². The maximum atomic E-state index is 12.7. The number of aliphatic carboxylic acids is 1. The average Bonchev–Trinajstić information content (AvgIpc) is 2.85. The van der Waals surface area contributed by atoms with E-state index in [9.17, 15) is 24.3 Å². The molecule has 0 bridgehead atoms. The van der Waals surface area contributed by atoms with Crippen molar-refractivity contribution < 1.29 is 24.3 Å². The molecule has 10 heteroatoms. The van der Waals surface area contributed by atoms with Crippen LogP contribution in [0.5, 0.6) is 0 Å². The lowest BCUT2D eigenvalue weighted by atomic mass is 9.92. The van der Waals surface area contributed by atoms with Crippen molar-refractivity contribution in [2.24, 2.45) is 11.8 Å². The highest BCUT2D eigenvalue weighted by atomic mass is 16.4. The Bertz CT molecular complexity index is 828. The third kappa shape index (κ3) is 7.52. The van der Waals surface area contributed by atoms with Crippen LogP contribution in [0.3, 0.4) is 0 Å². The molecule has 0 spiro atoms. The summed E-state index contributed by atoms with van der Waals surface area (Å²) in [5, 5.41) is 17.8. The van der Waals surface area contributed by atoms with Gasteiger partial charge in [-0.2, -0.15) is 0 Å². The first-order chi connectivity index (χ1) is 15.9. The Morgan fingerprint density at radius 1 is 1.15 bits per heavy atom. The molecule has 180 valence electrons. The molecule has 2 aliphatic rings. The molecule has 3 heterocycles. The van der Waals surface area contributed by atoms with Crippen LogP contribution in [-0.4, -0.2) is 77.4 Å². The standard InChI is InChI=1S/C23H33N5O5/c29-20(4-3-16-5-9-24-10-6-16)28-13-1-2-18(15-28)21(30)26-14-19(23(32)33)27-22(31)17-7-11-25-12-8-17/h7-8,11-12,16,18-19,24H,1-6,9-10,13-15H2,(H,26,30)(H,27,31)(H,32,33)/t18-,19+/m1/s1. The molecular formula is C23H33N5O5. The van der Waals surface area contributed by atoms with Crippen LogP contribution in [0.4, 0.5) is 0 Å². The van der Waals surface area contributed by atoms with Gasteiger partial charge in [0, 0.05) is 44.0 Å². The normalized spacial score (nSPS) is 20.0. The topological polar surface area (TPSA) is 141 Å². The number of piperidine rings is 2. The number of hydrogen-bond donors (Lipinski definition) is 4. The van der Waals surface area contributed by atoms with Crippen molar-refractivity contribution in [3.05, 3.63) is 30.1 Å². The highest BCUT2D eigenvalue weighted by Crippen LogP contribution is 2.21. The summed E-state index contributed by atoms with van der Waals surface area (Å²) < 4.78 is 0. The molecule has 0 aliphatic carbocycles. The van der Waals surface area contributed by atoms with Crippen molar-refractivity contribution in [3.8, 4) is 0 Å². The molecule has 10 nitrogen and oxygen atoms in total. The minimum atomic E-state index is -1.26. The van der Waals surface area contributed by atoms with Gasteiger partial charge in [-0.05, 0) is 63.2 Å². The van der Waals surface area contributed by atoms with E-state index in [0.717, 1.165) is 38.8 Å². The van der Waals surface area contributed by atoms with Crippen molar-refractivity contribution in [1.82, 2.24) is 25.8 Å². The van der Waals surface area contributed by atoms with Crippen LogP contribution in [0.25, 0.3) is 0 Å². The summed E-state index contributed by atoms with van der Waals surface area (Å²) in [5.41, 5.74) is 0.286. The molecule has 2 fully saturated rings. The first-order valence-electron chi connectivity index (χ1n) is 11.6. The van der Waals surface area contributed by atoms with E-state index in [2.05, 4.69) is 20.9 Å². The van der Waals surface area contributed by atoms with E-state index >= 15 is 0 Å². The lowest BCUT2D eigenvalue weighted by Crippen LogP contribution is -2.51. The fourth-order valence-corrected chi connectivity index (χ4v) is 4.37. The smallest absolute Gasteiger partial charge is 0.328 e. The lowest BCUT2D eigenvalue weighted by Gasteiger charge is -2.33. The van der Waals surface area contributed by atoms with Gasteiger partial charge in [0.2, 0.25) is 11.8 Å². The number of aromatic nitrogens is 1. The van der Waals surface area contributed by atoms with Crippen molar-refractivity contribution in [1.29, 1.82) is 0 Å². The summed E-state index contributed by atoms with van der Waals surface area (Å²) in [4.78, 5) is 54.7. The number of carbonyl (C=O) groups is 4. The number of likely N-dealkylation sites (tertiary alicyclic amines) is 1. The second-order valence-electron chi connectivity index (χ2n) is 8.76. The van der Waals surface area contributed by atoms with Crippen LogP contribution in [0.2, 0.25) is 0 Å². The maximum Gasteiger partial charge on any atom is 0.328 e. The predicted octanol–water partition coefficient (Wildman–Crippen LogP) is 0.399. The number of rotatable bonds is 9. The molecule has 3 amide bonds. The zero-order valence-electron chi connectivity index (χ0n) is 18.8. The first kappa shape index (κ1) is 24.6. The molecule has 3 rings (SSSR count). The second-order valence-corrected chi connectivity index (χ2v) is 8.76. The maximum absolute atomic E-state index is 12.7. The molecule has 1 aromatic heterocycles. The SMILES string of the molecule is O=C(N[C@@H](CNC(=O)[C@@H]1CCCN(C(=O)CCC2CCNCC2)C1)C(=O)O)c1ccncc1. The molecule has 2 atom stereocenters. The van der Waals surface area contributed by atoms with Gasteiger partial charge in [0.15, 0.2) is 0 Å². The van der Waals surface area contributed by atoms with E-state index in [1.165, 1.54) is 24.5 Å². The van der Waals surface area contributed by atoms with Crippen LogP contribution < -0.4 is 16.0 Å². The average molecular weight is 460 g/mol. The van der Waals surface area contributed by atoms with Gasteiger partial charge in [0.25, 0.3) is 5.91 Å². The summed E-state index contributed by atoms with van der Waals surface area (Å²) in [6, 6.07) is 1.69. The van der Waals surface area contributed by atoms with Gasteiger partial charge in [-0.1, -0.05) is 0 Å².